The summed E-state index contributed by atoms with van der Waals surface area (Å²) >= 11 is 7.21. The molecule has 0 aromatic rings. The van der Waals surface area contributed by atoms with Gasteiger partial charge in [-0.25, -0.2) is 5.43 Å². The summed E-state index contributed by atoms with van der Waals surface area (Å²) in [5, 5.41) is 7.21. The highest BCUT2D eigenvalue weighted by Crippen LogP contribution is 2.20. The average Bonchev–Trinajstić information content (AvgIpc) is 2.71. The Morgan fingerprint density at radius 2 is 2.33 bits per heavy atom. The fourth-order valence-electron chi connectivity index (χ4n) is 1.88. The van der Waals surface area contributed by atoms with Crippen LogP contribution < -0.4 is 21.5 Å². The molecule has 2 aliphatic rings. The van der Waals surface area contributed by atoms with Crippen molar-refractivity contribution < 1.29 is 0 Å². The number of rotatable bonds is 4. The van der Waals surface area contributed by atoms with Crippen LogP contribution in [-0.4, -0.2) is 34.9 Å². The molecular formula is C9H18N4S2. The summed E-state index contributed by atoms with van der Waals surface area (Å²) in [5.74, 6) is 1.20. The maximum atomic E-state index is 5.25. The van der Waals surface area contributed by atoms with Gasteiger partial charge in [0.15, 0.2) is 0 Å². The van der Waals surface area contributed by atoms with Crippen LogP contribution in [0.4, 0.5) is 0 Å². The van der Waals surface area contributed by atoms with Crippen molar-refractivity contribution >= 4 is 29.0 Å². The zero-order chi connectivity index (χ0) is 10.7. The largest absolute Gasteiger partial charge is 0.313 e. The van der Waals surface area contributed by atoms with E-state index in [9.17, 15) is 0 Å². The normalized spacial score (nSPS) is 35.0. The molecule has 4 N–H and O–H groups in total. The Hall–Kier alpha value is 0.120. The van der Waals surface area contributed by atoms with Gasteiger partial charge in [-0.05, 0) is 12.2 Å². The Labute approximate surface area is 100 Å². The van der Waals surface area contributed by atoms with Gasteiger partial charge >= 0.3 is 0 Å². The van der Waals surface area contributed by atoms with Crippen molar-refractivity contribution in [1.29, 1.82) is 0 Å². The second-order valence-electron chi connectivity index (χ2n) is 3.87. The Morgan fingerprint density at radius 3 is 3.13 bits per heavy atom. The molecule has 0 spiro atoms. The van der Waals surface area contributed by atoms with Crippen molar-refractivity contribution in [3.8, 4) is 0 Å². The Morgan fingerprint density at radius 1 is 1.47 bits per heavy atom. The van der Waals surface area contributed by atoms with E-state index in [0.29, 0.717) is 17.5 Å². The van der Waals surface area contributed by atoms with Crippen LogP contribution in [0.25, 0.3) is 0 Å². The first-order chi connectivity index (χ1) is 7.33. The highest BCUT2D eigenvalue weighted by molar-refractivity contribution is 7.99. The summed E-state index contributed by atoms with van der Waals surface area (Å²) in [6.45, 7) is 3.07. The standard InChI is InChI=1S/C9H18N4S2/c1-2-3-4-15-9-7-6(10-5-11-7)8(14)12-13-9/h6-7,9-11,13H,2-5H2,1H3,(H,12,14). The fourth-order valence-corrected chi connectivity index (χ4v) is 3.48. The summed E-state index contributed by atoms with van der Waals surface area (Å²) in [6, 6.07) is 0.709. The minimum absolute atomic E-state index is 0.292. The molecule has 2 saturated heterocycles. The molecule has 2 rings (SSSR count). The lowest BCUT2D eigenvalue weighted by Gasteiger charge is -2.35. The number of nitrogens with one attached hydrogen (secondary N) is 4. The first-order valence-electron chi connectivity index (χ1n) is 5.46. The van der Waals surface area contributed by atoms with Crippen molar-refractivity contribution in [2.45, 2.75) is 37.2 Å². The molecule has 0 aromatic carbocycles. The van der Waals surface area contributed by atoms with Crippen molar-refractivity contribution in [3.63, 3.8) is 0 Å². The second-order valence-corrected chi connectivity index (χ2v) is 5.56. The van der Waals surface area contributed by atoms with E-state index in [1.54, 1.807) is 0 Å². The van der Waals surface area contributed by atoms with E-state index in [1.807, 2.05) is 11.8 Å². The third kappa shape index (κ3) is 2.62. The minimum Gasteiger partial charge on any atom is -0.313 e. The second kappa shape index (κ2) is 5.45. The Bertz CT molecular complexity index is 236. The van der Waals surface area contributed by atoms with Crippen molar-refractivity contribution in [3.05, 3.63) is 0 Å². The molecule has 0 radical (unpaired) electrons. The van der Waals surface area contributed by atoms with Gasteiger partial charge in [-0.2, -0.15) is 0 Å². The Balaban J connectivity index is 1.87. The quantitative estimate of drug-likeness (QED) is 0.419. The number of hydrogen-bond acceptors (Lipinski definition) is 5. The van der Waals surface area contributed by atoms with E-state index in [1.165, 1.54) is 18.6 Å². The lowest BCUT2D eigenvalue weighted by atomic mass is 10.1. The minimum atomic E-state index is 0.292. The van der Waals surface area contributed by atoms with Gasteiger partial charge in [0, 0.05) is 6.67 Å². The molecule has 3 unspecified atom stereocenters. The smallest absolute Gasteiger partial charge is 0.108 e. The van der Waals surface area contributed by atoms with E-state index in [0.717, 1.165) is 11.7 Å². The zero-order valence-corrected chi connectivity index (χ0v) is 10.5. The first-order valence-corrected chi connectivity index (χ1v) is 6.92. The molecule has 0 aliphatic carbocycles. The van der Waals surface area contributed by atoms with Crippen molar-refractivity contribution in [2.24, 2.45) is 0 Å². The molecule has 86 valence electrons. The van der Waals surface area contributed by atoms with Gasteiger partial charge in [0.2, 0.25) is 0 Å². The fraction of sp³-hybridized carbons (Fsp3) is 0.889. The molecule has 0 saturated carbocycles. The van der Waals surface area contributed by atoms with Gasteiger partial charge in [-0.15, -0.1) is 11.8 Å². The third-order valence-electron chi connectivity index (χ3n) is 2.76. The number of fused-ring (bicyclic) bond motifs is 1. The van der Waals surface area contributed by atoms with E-state index in [-0.39, 0.29) is 0 Å². The molecule has 2 fully saturated rings. The predicted molar refractivity (Wildman–Crippen MR) is 68.7 cm³/mol. The van der Waals surface area contributed by atoms with Gasteiger partial charge < -0.3 is 5.43 Å². The van der Waals surface area contributed by atoms with Crippen LogP contribution in [0.5, 0.6) is 0 Å². The maximum absolute atomic E-state index is 5.25. The van der Waals surface area contributed by atoms with Crippen LogP contribution in [0, 0.1) is 0 Å². The zero-order valence-electron chi connectivity index (χ0n) is 8.88. The Kier molecular flexibility index (Phi) is 4.21. The van der Waals surface area contributed by atoms with Gasteiger partial charge in [0.1, 0.15) is 4.99 Å². The number of thioether (sulfide) groups is 1. The number of hydrazine groups is 1. The average molecular weight is 246 g/mol. The van der Waals surface area contributed by atoms with Crippen LogP contribution in [0.1, 0.15) is 19.8 Å². The topological polar surface area (TPSA) is 48.1 Å². The van der Waals surface area contributed by atoms with Crippen molar-refractivity contribution in [2.75, 3.05) is 12.4 Å². The molecule has 2 heterocycles. The highest BCUT2D eigenvalue weighted by Gasteiger charge is 2.39. The summed E-state index contributed by atoms with van der Waals surface area (Å²) < 4.78 is 0. The molecular weight excluding hydrogens is 228 g/mol. The van der Waals surface area contributed by atoms with Crippen LogP contribution in [0.2, 0.25) is 0 Å². The molecule has 15 heavy (non-hydrogen) atoms. The summed E-state index contributed by atoms with van der Waals surface area (Å²) in [4.78, 5) is 0.873. The van der Waals surface area contributed by atoms with Gasteiger partial charge in [0.25, 0.3) is 0 Å². The molecule has 2 aliphatic heterocycles. The predicted octanol–water partition coefficient (Wildman–Crippen LogP) is 0.169. The molecule has 3 atom stereocenters. The number of thiocarbonyl (C=S) groups is 1. The van der Waals surface area contributed by atoms with E-state index >= 15 is 0 Å². The van der Waals surface area contributed by atoms with E-state index < -0.39 is 0 Å². The third-order valence-corrected chi connectivity index (χ3v) is 4.41. The molecule has 0 bridgehead atoms. The van der Waals surface area contributed by atoms with Crippen molar-refractivity contribution in [1.82, 2.24) is 21.5 Å². The van der Waals surface area contributed by atoms with Crippen LogP contribution in [0.3, 0.4) is 0 Å². The lowest BCUT2D eigenvalue weighted by molar-refractivity contribution is 0.440. The van der Waals surface area contributed by atoms with Gasteiger partial charge in [-0.1, -0.05) is 25.6 Å². The van der Waals surface area contributed by atoms with Gasteiger partial charge in [-0.3, -0.25) is 10.6 Å². The maximum Gasteiger partial charge on any atom is 0.108 e. The SMILES string of the molecule is CCCCSC1NNC(=S)C2NCNC12. The van der Waals surface area contributed by atoms with Crippen LogP contribution in [0.15, 0.2) is 0 Å². The summed E-state index contributed by atoms with van der Waals surface area (Å²) in [6.07, 6.45) is 2.53. The molecule has 4 nitrogen and oxygen atoms in total. The molecule has 0 amide bonds. The van der Waals surface area contributed by atoms with Gasteiger partial charge in [0.05, 0.1) is 17.5 Å². The molecule has 6 heteroatoms. The number of hydrogen-bond donors (Lipinski definition) is 4. The lowest BCUT2D eigenvalue weighted by Crippen LogP contribution is -2.65. The number of unbranched alkanes of at least 4 members (excludes halogenated alkanes) is 1. The van der Waals surface area contributed by atoms with Crippen LogP contribution in [-0.2, 0) is 0 Å². The van der Waals surface area contributed by atoms with Crippen LogP contribution >= 0.6 is 24.0 Å². The summed E-state index contributed by atoms with van der Waals surface area (Å²) in [7, 11) is 0. The highest BCUT2D eigenvalue weighted by atomic mass is 32.2. The molecule has 0 aromatic heterocycles. The van der Waals surface area contributed by atoms with E-state index in [2.05, 4.69) is 28.4 Å². The van der Waals surface area contributed by atoms with E-state index in [4.69, 9.17) is 12.2 Å². The monoisotopic (exact) mass is 246 g/mol. The summed E-state index contributed by atoms with van der Waals surface area (Å²) in [5.41, 5.74) is 6.36. The first kappa shape index (κ1) is 11.6.